The first-order valence-corrected chi connectivity index (χ1v) is 14.3. The van der Waals surface area contributed by atoms with Crippen molar-refractivity contribution in [3.63, 3.8) is 0 Å². The van der Waals surface area contributed by atoms with Crippen LogP contribution in [0.2, 0.25) is 0 Å². The van der Waals surface area contributed by atoms with E-state index in [1.165, 1.54) is 11.2 Å². The maximum atomic E-state index is 13.6. The van der Waals surface area contributed by atoms with Gasteiger partial charge in [-0.15, -0.1) is 0 Å². The Morgan fingerprint density at radius 1 is 1.05 bits per heavy atom. The lowest BCUT2D eigenvalue weighted by Crippen LogP contribution is -2.59. The lowest BCUT2D eigenvalue weighted by molar-refractivity contribution is -0.118. The molecule has 10 nitrogen and oxygen atoms in total. The van der Waals surface area contributed by atoms with Gasteiger partial charge >= 0.3 is 6.09 Å². The zero-order chi connectivity index (χ0) is 28.2. The molecule has 0 radical (unpaired) electrons. The molecule has 0 aliphatic carbocycles. The summed E-state index contributed by atoms with van der Waals surface area (Å²) < 4.78 is 29.6. The van der Waals surface area contributed by atoms with Crippen molar-refractivity contribution in [2.75, 3.05) is 42.7 Å². The van der Waals surface area contributed by atoms with Crippen LogP contribution < -0.4 is 16.0 Å². The maximum Gasteiger partial charge on any atom is 0.409 e. The Morgan fingerprint density at radius 3 is 2.44 bits per heavy atom. The molecular formula is C28H31N5O5S. The summed E-state index contributed by atoms with van der Waals surface area (Å²) in [5.74, 6) is -0.415. The van der Waals surface area contributed by atoms with Gasteiger partial charge in [0.25, 0.3) is 0 Å². The van der Waals surface area contributed by atoms with E-state index in [-0.39, 0.29) is 29.8 Å². The van der Waals surface area contributed by atoms with Gasteiger partial charge in [-0.25, -0.2) is 13.2 Å². The number of sulfone groups is 1. The largest absolute Gasteiger partial charge is 0.450 e. The third-order valence-electron chi connectivity index (χ3n) is 6.45. The fraction of sp³-hybridized carbons (Fsp3) is 0.250. The normalized spacial score (nSPS) is 15.5. The number of nitrogens with zero attached hydrogens (tertiary/aromatic N) is 2. The van der Waals surface area contributed by atoms with E-state index < -0.39 is 22.0 Å². The van der Waals surface area contributed by atoms with Gasteiger partial charge in [0.05, 0.1) is 18.0 Å². The Labute approximate surface area is 227 Å². The molecule has 1 heterocycles. The van der Waals surface area contributed by atoms with E-state index >= 15 is 0 Å². The topological polar surface area (TPSA) is 146 Å². The number of hydrogen-bond acceptors (Lipinski definition) is 7. The number of anilines is 2. The van der Waals surface area contributed by atoms with Crippen LogP contribution in [0.5, 0.6) is 0 Å². The highest BCUT2D eigenvalue weighted by Gasteiger charge is 2.35. The van der Waals surface area contributed by atoms with E-state index in [0.717, 1.165) is 0 Å². The van der Waals surface area contributed by atoms with Crippen molar-refractivity contribution in [3.8, 4) is 11.1 Å². The SMILES string of the molecule is CCOC(=O)N1CCN(c2cccc(C(=N)N)c2)C(C(=O)Nc2ccc(-c3ccccc3S(C)(=O)=O)cc2)C1. The molecular weight excluding hydrogens is 518 g/mol. The van der Waals surface area contributed by atoms with Crippen molar-refractivity contribution < 1.29 is 22.7 Å². The van der Waals surface area contributed by atoms with Gasteiger partial charge in [-0.3, -0.25) is 10.2 Å². The summed E-state index contributed by atoms with van der Waals surface area (Å²) in [7, 11) is -3.42. The molecule has 1 fully saturated rings. The first-order valence-electron chi connectivity index (χ1n) is 12.4. The summed E-state index contributed by atoms with van der Waals surface area (Å²) in [4.78, 5) is 29.6. The summed E-state index contributed by atoms with van der Waals surface area (Å²) in [5, 5.41) is 10.7. The van der Waals surface area contributed by atoms with Crippen molar-refractivity contribution >= 4 is 39.0 Å². The van der Waals surface area contributed by atoms with Crippen LogP contribution in [-0.4, -0.2) is 69.7 Å². The number of amides is 2. The summed E-state index contributed by atoms with van der Waals surface area (Å²) >= 11 is 0. The molecule has 4 N–H and O–H groups in total. The van der Waals surface area contributed by atoms with Crippen molar-refractivity contribution in [2.45, 2.75) is 17.9 Å². The fourth-order valence-corrected chi connectivity index (χ4v) is 5.45. The van der Waals surface area contributed by atoms with E-state index in [9.17, 15) is 18.0 Å². The number of hydrogen-bond donors (Lipinski definition) is 3. The van der Waals surface area contributed by atoms with Crippen molar-refractivity contribution in [1.29, 1.82) is 5.41 Å². The number of carbonyl (C=O) groups excluding carboxylic acids is 2. The second kappa shape index (κ2) is 11.6. The number of nitrogens with two attached hydrogens (primary N) is 1. The van der Waals surface area contributed by atoms with Gasteiger partial charge in [0.1, 0.15) is 11.9 Å². The van der Waals surface area contributed by atoms with Gasteiger partial charge in [0, 0.05) is 41.8 Å². The predicted molar refractivity (Wildman–Crippen MR) is 151 cm³/mol. The molecule has 39 heavy (non-hydrogen) atoms. The van der Waals surface area contributed by atoms with Crippen LogP contribution in [-0.2, 0) is 19.4 Å². The van der Waals surface area contributed by atoms with Gasteiger partial charge in [0.15, 0.2) is 9.84 Å². The molecule has 1 aliphatic rings. The molecule has 2 amide bonds. The molecule has 1 aliphatic heterocycles. The van der Waals surface area contributed by atoms with E-state index in [1.807, 2.05) is 11.0 Å². The number of carbonyl (C=O) groups is 2. The number of ether oxygens (including phenoxy) is 1. The highest BCUT2D eigenvalue weighted by Crippen LogP contribution is 2.29. The van der Waals surface area contributed by atoms with Gasteiger partial charge in [-0.1, -0.05) is 42.5 Å². The van der Waals surface area contributed by atoms with Crippen molar-refractivity contribution in [3.05, 3.63) is 78.4 Å². The first-order chi connectivity index (χ1) is 18.6. The van der Waals surface area contributed by atoms with Crippen LogP contribution in [0.25, 0.3) is 11.1 Å². The molecule has 1 unspecified atom stereocenters. The number of nitrogens with one attached hydrogen (secondary N) is 2. The van der Waals surface area contributed by atoms with E-state index in [2.05, 4.69) is 5.32 Å². The third kappa shape index (κ3) is 6.37. The average molecular weight is 550 g/mol. The third-order valence-corrected chi connectivity index (χ3v) is 7.60. The number of nitrogen functional groups attached to an aromatic ring is 1. The Bertz CT molecular complexity index is 1490. The van der Waals surface area contributed by atoms with Crippen LogP contribution >= 0.6 is 0 Å². The highest BCUT2D eigenvalue weighted by molar-refractivity contribution is 7.90. The Morgan fingerprint density at radius 2 is 1.77 bits per heavy atom. The van der Waals surface area contributed by atoms with Gasteiger partial charge < -0.3 is 25.6 Å². The second-order valence-corrected chi connectivity index (χ2v) is 11.1. The van der Waals surface area contributed by atoms with Gasteiger partial charge in [-0.05, 0) is 42.8 Å². The fourth-order valence-electron chi connectivity index (χ4n) is 4.54. The van der Waals surface area contributed by atoms with Gasteiger partial charge in [-0.2, -0.15) is 0 Å². The molecule has 1 saturated heterocycles. The summed E-state index contributed by atoms with van der Waals surface area (Å²) in [6.45, 7) is 2.80. The molecule has 0 aromatic heterocycles. The van der Waals surface area contributed by atoms with E-state index in [1.54, 1.807) is 73.7 Å². The predicted octanol–water partition coefficient (Wildman–Crippen LogP) is 3.33. The maximum absolute atomic E-state index is 13.6. The minimum absolute atomic E-state index is 0.0828. The Hall–Kier alpha value is -4.38. The molecule has 0 bridgehead atoms. The standard InChI is InChI=1S/C28H31N5O5S/c1-3-38-28(35)32-15-16-33(22-8-6-7-20(17-22)26(29)30)24(18-32)27(34)31-21-13-11-19(12-14-21)23-9-4-5-10-25(23)39(2,36)37/h4-14,17,24H,3,15-16,18H2,1-2H3,(H3,29,30)(H,31,34). The molecule has 0 spiro atoms. The average Bonchev–Trinajstić information content (AvgIpc) is 2.93. The van der Waals surface area contributed by atoms with Gasteiger partial charge in [0.2, 0.25) is 5.91 Å². The number of amidine groups is 1. The number of piperazine rings is 1. The molecule has 11 heteroatoms. The van der Waals surface area contributed by atoms with Crippen LogP contribution in [0.3, 0.4) is 0 Å². The Balaban J connectivity index is 1.59. The number of benzene rings is 3. The Kier molecular flexibility index (Phi) is 8.20. The van der Waals surface area contributed by atoms with Crippen LogP contribution in [0.4, 0.5) is 16.2 Å². The van der Waals surface area contributed by atoms with Crippen molar-refractivity contribution in [2.24, 2.45) is 5.73 Å². The van der Waals surface area contributed by atoms with Crippen molar-refractivity contribution in [1.82, 2.24) is 4.90 Å². The molecule has 0 saturated carbocycles. The molecule has 1 atom stereocenters. The number of rotatable bonds is 7. The molecule has 3 aromatic carbocycles. The monoisotopic (exact) mass is 549 g/mol. The zero-order valence-corrected chi connectivity index (χ0v) is 22.6. The zero-order valence-electron chi connectivity index (χ0n) is 21.8. The van der Waals surface area contributed by atoms with Crippen LogP contribution in [0.1, 0.15) is 12.5 Å². The molecule has 3 aromatic rings. The van der Waals surface area contributed by atoms with E-state index in [4.69, 9.17) is 15.9 Å². The first kappa shape index (κ1) is 27.6. The summed E-state index contributed by atoms with van der Waals surface area (Å²) in [6, 6.07) is 20.0. The summed E-state index contributed by atoms with van der Waals surface area (Å²) in [5.41, 5.74) is 8.71. The van der Waals surface area contributed by atoms with Crippen LogP contribution in [0, 0.1) is 5.41 Å². The smallest absolute Gasteiger partial charge is 0.409 e. The lowest BCUT2D eigenvalue weighted by atomic mass is 10.0. The van der Waals surface area contributed by atoms with Crippen LogP contribution in [0.15, 0.2) is 77.7 Å². The molecule has 204 valence electrons. The van der Waals surface area contributed by atoms with E-state index in [0.29, 0.717) is 41.2 Å². The minimum Gasteiger partial charge on any atom is -0.450 e. The quantitative estimate of drug-likeness (QED) is 0.303. The molecule has 4 rings (SSSR count). The highest BCUT2D eigenvalue weighted by atomic mass is 32.2. The lowest BCUT2D eigenvalue weighted by Gasteiger charge is -2.41. The summed E-state index contributed by atoms with van der Waals surface area (Å²) in [6.07, 6.45) is 0.684. The second-order valence-electron chi connectivity index (χ2n) is 9.15. The minimum atomic E-state index is -3.42.